The molecule has 0 atom stereocenters. The molecule has 126 valence electrons. The molecule has 0 bridgehead atoms. The molecule has 5 nitrogen and oxygen atoms in total. The first-order valence-electron chi connectivity index (χ1n) is 7.92. The van der Waals surface area contributed by atoms with Gasteiger partial charge in [0.05, 0.1) is 0 Å². The number of benzene rings is 2. The molecule has 0 aliphatic carbocycles. The van der Waals surface area contributed by atoms with Crippen LogP contribution in [0.1, 0.15) is 31.2 Å². The van der Waals surface area contributed by atoms with Crippen molar-refractivity contribution in [1.29, 1.82) is 0 Å². The van der Waals surface area contributed by atoms with Crippen molar-refractivity contribution >= 4 is 17.6 Å². The van der Waals surface area contributed by atoms with Gasteiger partial charge in [-0.25, -0.2) is 0 Å². The standard InChI is InChI=1S/C19H21NO4/c21-18(8-4-5-9-19(22)23)20-16-12-10-15(11-13-16)14-24-17-6-2-1-3-7-17/h1-3,6-7,10-13H,4-5,8-9,14H2,(H,20,21)(H,22,23). The number of ether oxygens (including phenoxy) is 1. The number of amides is 1. The Labute approximate surface area is 141 Å². The van der Waals surface area contributed by atoms with Crippen LogP contribution in [-0.4, -0.2) is 17.0 Å². The molecule has 0 aromatic heterocycles. The smallest absolute Gasteiger partial charge is 0.303 e. The average molecular weight is 327 g/mol. The Bertz CT molecular complexity index is 653. The molecule has 5 heteroatoms. The molecule has 0 unspecified atom stereocenters. The third kappa shape index (κ3) is 6.52. The van der Waals surface area contributed by atoms with Crippen LogP contribution in [0.15, 0.2) is 54.6 Å². The highest BCUT2D eigenvalue weighted by atomic mass is 16.5. The van der Waals surface area contributed by atoms with Gasteiger partial charge in [-0.3, -0.25) is 9.59 Å². The fraction of sp³-hybridized carbons (Fsp3) is 0.263. The Balaban J connectivity index is 1.73. The van der Waals surface area contributed by atoms with E-state index >= 15 is 0 Å². The first-order chi connectivity index (χ1) is 11.6. The van der Waals surface area contributed by atoms with Gasteiger partial charge >= 0.3 is 5.97 Å². The van der Waals surface area contributed by atoms with Gasteiger partial charge < -0.3 is 15.2 Å². The molecule has 0 radical (unpaired) electrons. The highest BCUT2D eigenvalue weighted by molar-refractivity contribution is 5.90. The van der Waals surface area contributed by atoms with Gasteiger partial charge in [-0.05, 0) is 42.7 Å². The largest absolute Gasteiger partial charge is 0.489 e. The number of nitrogens with one attached hydrogen (secondary N) is 1. The van der Waals surface area contributed by atoms with Crippen LogP contribution in [0.4, 0.5) is 5.69 Å². The lowest BCUT2D eigenvalue weighted by atomic mass is 10.1. The Hall–Kier alpha value is -2.82. The van der Waals surface area contributed by atoms with Crippen molar-refractivity contribution in [1.82, 2.24) is 0 Å². The van der Waals surface area contributed by atoms with E-state index in [0.29, 0.717) is 25.9 Å². The lowest BCUT2D eigenvalue weighted by Crippen LogP contribution is -2.11. The summed E-state index contributed by atoms with van der Waals surface area (Å²) in [6.45, 7) is 0.466. The van der Waals surface area contributed by atoms with E-state index < -0.39 is 5.97 Å². The lowest BCUT2D eigenvalue weighted by Gasteiger charge is -2.08. The summed E-state index contributed by atoms with van der Waals surface area (Å²) in [5.41, 5.74) is 1.74. The first-order valence-corrected chi connectivity index (χ1v) is 7.92. The maximum atomic E-state index is 11.8. The van der Waals surface area contributed by atoms with E-state index in [2.05, 4.69) is 5.32 Å². The third-order valence-corrected chi connectivity index (χ3v) is 3.43. The van der Waals surface area contributed by atoms with Crippen molar-refractivity contribution in [3.63, 3.8) is 0 Å². The van der Waals surface area contributed by atoms with Crippen LogP contribution in [0.3, 0.4) is 0 Å². The van der Waals surface area contributed by atoms with E-state index in [0.717, 1.165) is 17.0 Å². The van der Waals surface area contributed by atoms with Gasteiger partial charge in [0, 0.05) is 18.5 Å². The van der Waals surface area contributed by atoms with E-state index in [1.165, 1.54) is 0 Å². The van der Waals surface area contributed by atoms with Gasteiger partial charge in [-0.15, -0.1) is 0 Å². The number of unbranched alkanes of at least 4 members (excludes halogenated alkanes) is 1. The monoisotopic (exact) mass is 327 g/mol. The predicted molar refractivity (Wildman–Crippen MR) is 91.9 cm³/mol. The number of rotatable bonds is 9. The summed E-state index contributed by atoms with van der Waals surface area (Å²) < 4.78 is 5.66. The summed E-state index contributed by atoms with van der Waals surface area (Å²) in [4.78, 5) is 22.2. The van der Waals surface area contributed by atoms with E-state index in [-0.39, 0.29) is 12.3 Å². The number of anilines is 1. The number of hydrogen-bond donors (Lipinski definition) is 2. The van der Waals surface area contributed by atoms with Crippen LogP contribution in [0, 0.1) is 0 Å². The average Bonchev–Trinajstić information content (AvgIpc) is 2.59. The van der Waals surface area contributed by atoms with Crippen molar-refractivity contribution in [2.24, 2.45) is 0 Å². The van der Waals surface area contributed by atoms with E-state index in [1.807, 2.05) is 54.6 Å². The van der Waals surface area contributed by atoms with Crippen molar-refractivity contribution in [3.05, 3.63) is 60.2 Å². The first kappa shape index (κ1) is 17.5. The summed E-state index contributed by atoms with van der Waals surface area (Å²) in [6, 6.07) is 17.1. The second-order valence-electron chi connectivity index (χ2n) is 5.45. The number of carboxylic acid groups (broad SMARTS) is 1. The normalized spacial score (nSPS) is 10.2. The zero-order valence-corrected chi connectivity index (χ0v) is 13.4. The molecule has 0 aliphatic heterocycles. The number of carbonyl (C=O) groups is 2. The summed E-state index contributed by atoms with van der Waals surface area (Å²) in [7, 11) is 0. The minimum Gasteiger partial charge on any atom is -0.489 e. The molecule has 0 saturated carbocycles. The predicted octanol–water partition coefficient (Wildman–Crippen LogP) is 3.85. The quantitative estimate of drug-likeness (QED) is 0.686. The van der Waals surface area contributed by atoms with Gasteiger partial charge in [0.15, 0.2) is 0 Å². The summed E-state index contributed by atoms with van der Waals surface area (Å²) in [5, 5.41) is 11.3. The molecule has 2 rings (SSSR count). The van der Waals surface area contributed by atoms with Gasteiger partial charge in [0.2, 0.25) is 5.91 Å². The Morgan fingerprint density at radius 3 is 2.25 bits per heavy atom. The molecule has 0 spiro atoms. The molecular formula is C19H21NO4. The number of aliphatic carboxylic acids is 1. The number of para-hydroxylation sites is 1. The minimum atomic E-state index is -0.830. The van der Waals surface area contributed by atoms with Gasteiger partial charge in [-0.2, -0.15) is 0 Å². The number of carboxylic acids is 1. The topological polar surface area (TPSA) is 75.6 Å². The van der Waals surface area contributed by atoms with Crippen molar-refractivity contribution < 1.29 is 19.4 Å². The SMILES string of the molecule is O=C(O)CCCCC(=O)Nc1ccc(COc2ccccc2)cc1. The Kier molecular flexibility index (Phi) is 6.83. The number of carbonyl (C=O) groups excluding carboxylic acids is 1. The lowest BCUT2D eigenvalue weighted by molar-refractivity contribution is -0.137. The molecule has 0 saturated heterocycles. The second kappa shape index (κ2) is 9.35. The van der Waals surface area contributed by atoms with Crippen molar-refractivity contribution in [2.75, 3.05) is 5.32 Å². The maximum absolute atomic E-state index is 11.8. The maximum Gasteiger partial charge on any atom is 0.303 e. The molecule has 0 fully saturated rings. The van der Waals surface area contributed by atoms with Crippen LogP contribution >= 0.6 is 0 Å². The van der Waals surface area contributed by atoms with Crippen LogP contribution in [0.2, 0.25) is 0 Å². The van der Waals surface area contributed by atoms with Crippen molar-refractivity contribution in [3.8, 4) is 5.75 Å². The Morgan fingerprint density at radius 2 is 1.58 bits per heavy atom. The van der Waals surface area contributed by atoms with Crippen LogP contribution in [0.5, 0.6) is 5.75 Å². The van der Waals surface area contributed by atoms with E-state index in [9.17, 15) is 9.59 Å². The van der Waals surface area contributed by atoms with Gasteiger partial charge in [0.1, 0.15) is 12.4 Å². The van der Waals surface area contributed by atoms with Crippen molar-refractivity contribution in [2.45, 2.75) is 32.3 Å². The van der Waals surface area contributed by atoms with Crippen LogP contribution in [0.25, 0.3) is 0 Å². The molecule has 2 aromatic carbocycles. The highest BCUT2D eigenvalue weighted by Crippen LogP contribution is 2.14. The minimum absolute atomic E-state index is 0.101. The second-order valence-corrected chi connectivity index (χ2v) is 5.45. The molecule has 0 heterocycles. The molecule has 2 aromatic rings. The fourth-order valence-electron chi connectivity index (χ4n) is 2.15. The summed E-state index contributed by atoms with van der Waals surface area (Å²) in [5.74, 6) is -0.117. The molecular weight excluding hydrogens is 306 g/mol. The number of hydrogen-bond acceptors (Lipinski definition) is 3. The summed E-state index contributed by atoms with van der Waals surface area (Å²) in [6.07, 6.45) is 1.51. The molecule has 2 N–H and O–H groups in total. The molecule has 0 aliphatic rings. The third-order valence-electron chi connectivity index (χ3n) is 3.43. The van der Waals surface area contributed by atoms with Crippen LogP contribution < -0.4 is 10.1 Å². The van der Waals surface area contributed by atoms with E-state index in [4.69, 9.17) is 9.84 Å². The molecule has 1 amide bonds. The van der Waals surface area contributed by atoms with Gasteiger partial charge in [-0.1, -0.05) is 30.3 Å². The Morgan fingerprint density at radius 1 is 0.917 bits per heavy atom. The highest BCUT2D eigenvalue weighted by Gasteiger charge is 2.04. The zero-order valence-electron chi connectivity index (χ0n) is 13.4. The molecule has 24 heavy (non-hydrogen) atoms. The van der Waals surface area contributed by atoms with E-state index in [1.54, 1.807) is 0 Å². The fourth-order valence-corrected chi connectivity index (χ4v) is 2.15. The van der Waals surface area contributed by atoms with Crippen LogP contribution in [-0.2, 0) is 16.2 Å². The zero-order chi connectivity index (χ0) is 17.2. The summed E-state index contributed by atoms with van der Waals surface area (Å²) >= 11 is 0. The van der Waals surface area contributed by atoms with Gasteiger partial charge in [0.25, 0.3) is 0 Å².